The molecule has 1 spiro atoms. The number of aromatic nitrogens is 2. The second kappa shape index (κ2) is 6.89. The maximum atomic E-state index is 14.4. The van der Waals surface area contributed by atoms with Crippen LogP contribution in [0.15, 0.2) is 36.7 Å². The molecule has 2 aliphatic rings. The highest BCUT2D eigenvalue weighted by atomic mass is 19.3. The molecule has 0 unspecified atom stereocenters. The van der Waals surface area contributed by atoms with Crippen molar-refractivity contribution < 1.29 is 22.7 Å². The number of hydrogen-bond donors (Lipinski definition) is 0. The molecule has 9 heteroatoms. The minimum absolute atomic E-state index is 0.0172. The number of aryl methyl sites for hydroxylation is 1. The number of benzene rings is 1. The molecule has 0 saturated carbocycles. The highest BCUT2D eigenvalue weighted by Crippen LogP contribution is 2.40. The van der Waals surface area contributed by atoms with E-state index in [9.17, 15) is 18.0 Å². The topological polar surface area (TPSA) is 50.6 Å². The van der Waals surface area contributed by atoms with E-state index >= 15 is 0 Å². The third-order valence-electron chi connectivity index (χ3n) is 5.48. The van der Waals surface area contributed by atoms with Crippen molar-refractivity contribution in [3.05, 3.63) is 48.3 Å². The van der Waals surface area contributed by atoms with E-state index < -0.39 is 23.4 Å². The molecule has 1 aromatic heterocycles. The maximum Gasteiger partial charge on any atom is 0.437 e. The van der Waals surface area contributed by atoms with Gasteiger partial charge in [-0.3, -0.25) is 9.69 Å². The fraction of sp³-hybridized carbons (Fsp3) is 0.474. The summed E-state index contributed by atoms with van der Waals surface area (Å²) in [5.41, 5.74) is -0.895. The Morgan fingerprint density at radius 2 is 1.86 bits per heavy atom. The molecule has 2 aromatic rings. The zero-order chi connectivity index (χ0) is 19.9. The molecule has 2 fully saturated rings. The average Bonchev–Trinajstić information content (AvgIpc) is 3.06. The van der Waals surface area contributed by atoms with E-state index in [4.69, 9.17) is 4.74 Å². The third-order valence-corrected chi connectivity index (χ3v) is 5.48. The van der Waals surface area contributed by atoms with E-state index in [1.165, 1.54) is 12.1 Å². The van der Waals surface area contributed by atoms with Gasteiger partial charge in [-0.1, -0.05) is 0 Å². The number of morpholine rings is 1. The predicted octanol–water partition coefficient (Wildman–Crippen LogP) is 2.55. The van der Waals surface area contributed by atoms with Crippen LogP contribution >= 0.6 is 0 Å². The summed E-state index contributed by atoms with van der Waals surface area (Å²) < 4.78 is 48.9. The fourth-order valence-corrected chi connectivity index (χ4v) is 3.82. The van der Waals surface area contributed by atoms with E-state index in [-0.39, 0.29) is 12.2 Å². The zero-order valence-electron chi connectivity index (χ0n) is 15.4. The molecular weight excluding hydrogens is 373 g/mol. The minimum atomic E-state index is -3.91. The van der Waals surface area contributed by atoms with Gasteiger partial charge in [-0.05, 0) is 37.1 Å². The van der Waals surface area contributed by atoms with Gasteiger partial charge in [0.25, 0.3) is 0 Å². The summed E-state index contributed by atoms with van der Waals surface area (Å²) in [6.07, 6.45) is 0.389. The van der Waals surface area contributed by atoms with Crippen LogP contribution in [0.5, 0.6) is 0 Å². The van der Waals surface area contributed by atoms with E-state index in [0.717, 1.165) is 22.9 Å². The van der Waals surface area contributed by atoms with Gasteiger partial charge in [-0.2, -0.15) is 8.78 Å². The van der Waals surface area contributed by atoms with Gasteiger partial charge >= 0.3 is 12.0 Å². The molecule has 0 radical (unpaired) electrons. The summed E-state index contributed by atoms with van der Waals surface area (Å²) >= 11 is 0. The van der Waals surface area contributed by atoms with Gasteiger partial charge in [0.05, 0.1) is 18.7 Å². The van der Waals surface area contributed by atoms with Crippen LogP contribution in [-0.4, -0.2) is 51.7 Å². The summed E-state index contributed by atoms with van der Waals surface area (Å²) in [6.45, 7) is 1.74. The quantitative estimate of drug-likeness (QED) is 0.803. The lowest BCUT2D eigenvalue weighted by molar-refractivity contribution is -0.293. The number of anilines is 1. The lowest BCUT2D eigenvalue weighted by atomic mass is 9.88. The smallest absolute Gasteiger partial charge is 0.337 e. The first-order chi connectivity index (χ1) is 13.3. The highest BCUT2D eigenvalue weighted by Gasteiger charge is 2.57. The first kappa shape index (κ1) is 18.9. The first-order valence-corrected chi connectivity index (χ1v) is 9.12. The fourth-order valence-electron chi connectivity index (χ4n) is 3.82. The standard InChI is InChI=1S/C19H21F3N4O2/c1-24-11-8-23-16(24)12-25-9-6-18(7-10-25)13-26(17(27)19(21,22)28-18)15-4-2-14(20)3-5-15/h2-5,8,11H,6-7,9-10,12-13H2,1H3. The Hall–Kier alpha value is -2.39. The summed E-state index contributed by atoms with van der Waals surface area (Å²) in [7, 11) is 1.91. The molecule has 0 atom stereocenters. The van der Waals surface area contributed by atoms with Gasteiger partial charge in [0.15, 0.2) is 0 Å². The van der Waals surface area contributed by atoms with Gasteiger partial charge in [0.2, 0.25) is 0 Å². The molecule has 150 valence electrons. The van der Waals surface area contributed by atoms with E-state index in [2.05, 4.69) is 9.88 Å². The van der Waals surface area contributed by atoms with Crippen molar-refractivity contribution in [2.24, 2.45) is 7.05 Å². The number of rotatable bonds is 3. The van der Waals surface area contributed by atoms with E-state index in [1.807, 2.05) is 17.8 Å². The van der Waals surface area contributed by atoms with Crippen LogP contribution in [0.4, 0.5) is 18.9 Å². The highest BCUT2D eigenvalue weighted by molar-refractivity contribution is 5.98. The number of alkyl halides is 2. The van der Waals surface area contributed by atoms with Gasteiger partial charge in [0, 0.05) is 38.2 Å². The van der Waals surface area contributed by atoms with Crippen molar-refractivity contribution >= 4 is 11.6 Å². The number of imidazole rings is 1. The largest absolute Gasteiger partial charge is 0.437 e. The number of amides is 1. The molecule has 4 rings (SSSR count). The number of halogens is 3. The Kier molecular flexibility index (Phi) is 4.67. The Labute approximate surface area is 160 Å². The number of ether oxygens (including phenoxy) is 1. The maximum absolute atomic E-state index is 14.4. The molecule has 2 saturated heterocycles. The van der Waals surface area contributed by atoms with Crippen molar-refractivity contribution in [1.82, 2.24) is 14.5 Å². The Balaban J connectivity index is 1.50. The third kappa shape index (κ3) is 3.51. The summed E-state index contributed by atoms with van der Waals surface area (Å²) in [5.74, 6) is -1.01. The summed E-state index contributed by atoms with van der Waals surface area (Å²) in [6, 6.07) is 4.97. The van der Waals surface area contributed by atoms with Gasteiger partial charge in [-0.25, -0.2) is 9.37 Å². The number of likely N-dealkylation sites (tertiary alicyclic amines) is 1. The van der Waals surface area contributed by atoms with Crippen LogP contribution < -0.4 is 4.90 Å². The summed E-state index contributed by atoms with van der Waals surface area (Å²) in [4.78, 5) is 19.6. The minimum Gasteiger partial charge on any atom is -0.337 e. The van der Waals surface area contributed by atoms with Crippen molar-refractivity contribution in [2.45, 2.75) is 31.1 Å². The van der Waals surface area contributed by atoms with Crippen molar-refractivity contribution in [1.29, 1.82) is 0 Å². The van der Waals surface area contributed by atoms with Crippen LogP contribution in [0, 0.1) is 5.82 Å². The van der Waals surface area contributed by atoms with E-state index in [1.54, 1.807) is 6.20 Å². The molecule has 28 heavy (non-hydrogen) atoms. The molecule has 0 N–H and O–H groups in total. The predicted molar refractivity (Wildman–Crippen MR) is 95.2 cm³/mol. The number of nitrogens with zero attached hydrogens (tertiary/aromatic N) is 4. The molecule has 2 aliphatic heterocycles. The summed E-state index contributed by atoms with van der Waals surface area (Å²) in [5, 5.41) is 0. The average molecular weight is 394 g/mol. The molecule has 6 nitrogen and oxygen atoms in total. The van der Waals surface area contributed by atoms with Crippen LogP contribution in [0.3, 0.4) is 0 Å². The normalized spacial score (nSPS) is 22.0. The number of hydrogen-bond acceptors (Lipinski definition) is 4. The van der Waals surface area contributed by atoms with Crippen molar-refractivity contribution in [3.63, 3.8) is 0 Å². The second-order valence-electron chi connectivity index (χ2n) is 7.40. The Morgan fingerprint density at radius 1 is 1.18 bits per heavy atom. The molecule has 1 aromatic carbocycles. The molecule has 0 bridgehead atoms. The van der Waals surface area contributed by atoms with Crippen molar-refractivity contribution in [3.8, 4) is 0 Å². The SMILES string of the molecule is Cn1ccnc1CN1CCC2(CC1)CN(c1ccc(F)cc1)C(=O)C(F)(F)O2. The number of carbonyl (C=O) groups is 1. The van der Waals surface area contributed by atoms with Crippen LogP contribution in [0.25, 0.3) is 0 Å². The molecular formula is C19H21F3N4O2. The number of carbonyl (C=O) groups excluding carboxylic acids is 1. The van der Waals surface area contributed by atoms with Gasteiger partial charge < -0.3 is 14.2 Å². The lowest BCUT2D eigenvalue weighted by Gasteiger charge is -2.48. The van der Waals surface area contributed by atoms with Crippen LogP contribution in [0.1, 0.15) is 18.7 Å². The van der Waals surface area contributed by atoms with E-state index in [0.29, 0.717) is 32.5 Å². The first-order valence-electron chi connectivity index (χ1n) is 9.12. The monoisotopic (exact) mass is 394 g/mol. The zero-order valence-corrected chi connectivity index (χ0v) is 15.4. The molecule has 0 aliphatic carbocycles. The van der Waals surface area contributed by atoms with Gasteiger partial charge in [-0.15, -0.1) is 0 Å². The molecule has 3 heterocycles. The second-order valence-corrected chi connectivity index (χ2v) is 7.40. The Morgan fingerprint density at radius 3 is 2.46 bits per heavy atom. The number of piperidine rings is 1. The lowest BCUT2D eigenvalue weighted by Crippen LogP contribution is -2.64. The Bertz CT molecular complexity index is 860. The van der Waals surface area contributed by atoms with Crippen LogP contribution in [-0.2, 0) is 23.1 Å². The molecule has 1 amide bonds. The van der Waals surface area contributed by atoms with Crippen LogP contribution in [0.2, 0.25) is 0 Å². The van der Waals surface area contributed by atoms with Gasteiger partial charge in [0.1, 0.15) is 11.6 Å². The van der Waals surface area contributed by atoms with Crippen molar-refractivity contribution in [2.75, 3.05) is 24.5 Å².